The van der Waals surface area contributed by atoms with Crippen molar-refractivity contribution in [1.82, 2.24) is 10.6 Å². The van der Waals surface area contributed by atoms with Crippen LogP contribution in [-0.2, 0) is 32.0 Å². The van der Waals surface area contributed by atoms with Gasteiger partial charge in [-0.15, -0.1) is 0 Å². The van der Waals surface area contributed by atoms with Crippen molar-refractivity contribution < 1.29 is 132 Å². The number of amides is 10. The van der Waals surface area contributed by atoms with Crippen LogP contribution in [0.25, 0.3) is 0 Å². The molecule has 4 unspecified atom stereocenters. The summed E-state index contributed by atoms with van der Waals surface area (Å²) in [6.07, 6.45) is -2.76. The number of nitrogens with two attached hydrogens (primary N) is 2. The van der Waals surface area contributed by atoms with Gasteiger partial charge in [0.15, 0.2) is 46.1 Å². The number of nitro groups is 2. The summed E-state index contributed by atoms with van der Waals surface area (Å²) in [5.74, 6) is -17.8. The van der Waals surface area contributed by atoms with E-state index in [0.717, 1.165) is 6.07 Å². The lowest BCUT2D eigenvalue weighted by atomic mass is 9.91. The number of ketones is 2. The van der Waals surface area contributed by atoms with Crippen molar-refractivity contribution in [3.8, 4) is 40.2 Å². The molecule has 4 atom stereocenters. The molecule has 10 aromatic carbocycles. The number of phenolic OH excluding ortho intramolecular Hbond substituents is 2. The number of primary amides is 2. The number of phenols is 3. The summed E-state index contributed by atoms with van der Waals surface area (Å²) in [5.41, 5.74) is 11.2. The Balaban J connectivity index is 0.000000303. The average molecular weight is 1850 g/mol. The van der Waals surface area contributed by atoms with E-state index in [1.165, 1.54) is 194 Å². The van der Waals surface area contributed by atoms with Crippen LogP contribution in [0.5, 0.6) is 40.2 Å². The highest BCUT2D eigenvalue weighted by Gasteiger charge is 2.37. The number of Topliss-reactive ketones (excluding diaryl/α,β-unsaturated/α-hetero) is 2. The van der Waals surface area contributed by atoms with Gasteiger partial charge < -0.3 is 109 Å². The van der Waals surface area contributed by atoms with E-state index in [0.29, 0.717) is 11.1 Å². The number of carbonyl (C=O) groups is 14. The number of hydrogen-bond acceptors (Lipinski definition) is 27. The summed E-state index contributed by atoms with van der Waals surface area (Å²) in [6, 6.07) is 40.1. The number of nitrogens with one attached hydrogen (secondary N) is 8. The highest BCUT2D eigenvalue weighted by atomic mass is 16.6. The molecule has 0 aliphatic carbocycles. The zero-order chi connectivity index (χ0) is 99.1. The van der Waals surface area contributed by atoms with Gasteiger partial charge in [-0.2, -0.15) is 0 Å². The first-order valence-electron chi connectivity index (χ1n) is 41.0. The number of carbonyl (C=O) groups excluding carboxylic acids is 12. The van der Waals surface area contributed by atoms with Crippen molar-refractivity contribution in [2.75, 3.05) is 45.1 Å². The number of non-ortho nitro benzene ring substituents is 2. The summed E-state index contributed by atoms with van der Waals surface area (Å²) >= 11 is 0. The monoisotopic (exact) mass is 1850 g/mol. The van der Waals surface area contributed by atoms with Gasteiger partial charge in [-0.05, 0) is 218 Å². The summed E-state index contributed by atoms with van der Waals surface area (Å²) < 4.78 is 22.9. The lowest BCUT2D eigenvalue weighted by Gasteiger charge is -2.23. The predicted octanol–water partition coefficient (Wildman–Crippen LogP) is 10.4. The summed E-state index contributed by atoms with van der Waals surface area (Å²) in [7, 11) is 0. The molecule has 0 aliphatic heterocycles. The molecule has 0 saturated carbocycles. The van der Waals surface area contributed by atoms with Crippen LogP contribution in [0.4, 0.5) is 45.5 Å². The number of carboxylic acid groups (broad SMARTS) is 2. The Kier molecular flexibility index (Phi) is 34.2. The van der Waals surface area contributed by atoms with Gasteiger partial charge in [-0.3, -0.25) is 77.8 Å². The number of nitro benzene ring substituents is 2. The van der Waals surface area contributed by atoms with Gasteiger partial charge in [-0.25, -0.2) is 9.59 Å². The fraction of sp³-hybridized carbons (Fsp3) is 0.213. The second-order valence-corrected chi connectivity index (χ2v) is 31.0. The van der Waals surface area contributed by atoms with Crippen LogP contribution in [0, 0.1) is 32.1 Å². The fourth-order valence-corrected chi connectivity index (χ4v) is 12.9. The van der Waals surface area contributed by atoms with Crippen molar-refractivity contribution in [3.05, 3.63) is 287 Å². The number of aliphatic hydroxyl groups excluding tert-OH is 2. The number of nitrogens with zero attached hydrogens (tertiary/aromatic N) is 2. The summed E-state index contributed by atoms with van der Waals surface area (Å²) in [6.45, 7) is 11.5. The van der Waals surface area contributed by atoms with Crippen LogP contribution in [0.3, 0.4) is 0 Å². The number of hydrogen-bond donors (Lipinski definition) is 17. The van der Waals surface area contributed by atoms with Crippen LogP contribution in [-0.4, -0.2) is 178 Å². The zero-order valence-corrected chi connectivity index (χ0v) is 73.2. The number of aromatic hydroxyl groups is 3. The second kappa shape index (κ2) is 45.7. The molecule has 0 aromatic heterocycles. The lowest BCUT2D eigenvalue weighted by Crippen LogP contribution is -2.52. The van der Waals surface area contributed by atoms with Crippen molar-refractivity contribution >= 4 is 128 Å². The van der Waals surface area contributed by atoms with Gasteiger partial charge in [0, 0.05) is 81.9 Å². The topological polar surface area (TPSA) is 652 Å². The predicted molar refractivity (Wildman–Crippen MR) is 487 cm³/mol. The van der Waals surface area contributed by atoms with Gasteiger partial charge in [0.25, 0.3) is 58.6 Å². The quantitative estimate of drug-likeness (QED) is 0.0125. The van der Waals surface area contributed by atoms with E-state index in [4.69, 9.17) is 30.4 Å². The van der Waals surface area contributed by atoms with Crippen LogP contribution in [0.15, 0.2) is 200 Å². The molecule has 0 saturated heterocycles. The van der Waals surface area contributed by atoms with Gasteiger partial charge in [-0.1, -0.05) is 24.3 Å². The van der Waals surface area contributed by atoms with Crippen molar-refractivity contribution in [3.63, 3.8) is 0 Å². The van der Waals surface area contributed by atoms with Crippen molar-refractivity contribution in [2.45, 2.75) is 105 Å². The molecule has 10 aromatic rings. The Morgan fingerprint density at radius 3 is 0.911 bits per heavy atom. The van der Waals surface area contributed by atoms with Gasteiger partial charge >= 0.3 is 11.9 Å². The van der Waals surface area contributed by atoms with E-state index in [9.17, 15) is 123 Å². The van der Waals surface area contributed by atoms with E-state index >= 15 is 0 Å². The van der Waals surface area contributed by atoms with E-state index in [1.54, 1.807) is 55.4 Å². The molecule has 10 rings (SSSR count). The molecular weight excluding hydrogens is 1760 g/mol. The largest absolute Gasteiger partial charge is 0.504 e. The SMILES string of the molecule is CC(C)Oc1c(NC(=O)c2ccc(NC(=O)c3ccc(CC(=O)C(NC(=O)c4ccc(NC(=O)c5ccc([N+](=O)[O-])cc5)cc4)C(CO)C(N)=O)cc3)c(OC(C)C)c2O)ccc(C(=O)O)c1O.CC(C)Oc1cc(C(=O)O)ccc1NC(=O)c1ccc(NC(=O)c2ccc(CC(=O)C(NC(=O)c3ccc(NC(=O)c4ccc([N+](=O)[O-])cc4)cc3)C(CO)C(N)=O)cc2)c(OC(C)C)c1O. The Labute approximate surface area is 767 Å². The first-order chi connectivity index (χ1) is 63.9. The zero-order valence-electron chi connectivity index (χ0n) is 73.2. The van der Waals surface area contributed by atoms with Crippen LogP contribution in [0.1, 0.15) is 170 Å². The lowest BCUT2D eigenvalue weighted by molar-refractivity contribution is -0.385. The molecular formula is C94H92N12O29. The Hall–Kier alpha value is -17.5. The first kappa shape index (κ1) is 101. The average Bonchev–Trinajstić information content (AvgIpc) is 0.791. The standard InChI is InChI=1S/C47H46N6O15.C47H46N6O14/c1-23(2)67-40-34(19-17-31(38(40)56)46(62)51-35-20-18-32(47(63)64)39(57)41(35)68-24(3)4)50-44(60)26-7-5-25(6-8-26)21-36(55)37(33(22-54)42(48)58)52-45(61)27-9-13-29(14-10-27)49-43(59)28-11-15-30(16-12-28)53(65)66;1-24(2)66-38-22-30(47(62)63)13-19-35(38)50-46(61)33-18-20-36(41(40(33)56)67-25(3)4)51-44(59)27-7-5-26(6-8-27)21-37(55)39(34(23-54)42(48)57)52-45(60)28-9-14-31(15-10-28)49-43(58)29-11-16-32(17-12-29)53(64)65/h5-20,23-24,33,37,54,56-57H,21-22H2,1-4H3,(H2,48,58)(H,49,59)(H,50,60)(H,51,62)(H,52,61)(H,63,64);5-20,22,24-25,34,39,54,56H,21,23H2,1-4H3,(H2,48,57)(H,49,58)(H,50,61)(H,51,59)(H,52,60)(H,62,63). The van der Waals surface area contributed by atoms with Crippen molar-refractivity contribution in [2.24, 2.45) is 23.3 Å². The maximum atomic E-state index is 13.7. The van der Waals surface area contributed by atoms with Crippen molar-refractivity contribution in [1.29, 1.82) is 0 Å². The van der Waals surface area contributed by atoms with Crippen LogP contribution < -0.4 is 72.9 Å². The molecule has 0 bridgehead atoms. The van der Waals surface area contributed by atoms with E-state index in [2.05, 4.69) is 42.5 Å². The van der Waals surface area contributed by atoms with E-state index in [1.807, 2.05) is 0 Å². The molecule has 41 nitrogen and oxygen atoms in total. The van der Waals surface area contributed by atoms with E-state index < -0.39 is 171 Å². The summed E-state index contributed by atoms with van der Waals surface area (Å²) in [4.78, 5) is 202. The normalized spacial score (nSPS) is 11.7. The number of benzene rings is 10. The molecule has 0 radical (unpaired) electrons. The van der Waals surface area contributed by atoms with Gasteiger partial charge in [0.1, 0.15) is 23.4 Å². The minimum atomic E-state index is -1.59. The minimum Gasteiger partial charge on any atom is -0.504 e. The highest BCUT2D eigenvalue weighted by molar-refractivity contribution is 6.13. The molecule has 19 N–H and O–H groups in total. The van der Waals surface area contributed by atoms with Crippen LogP contribution >= 0.6 is 0 Å². The smallest absolute Gasteiger partial charge is 0.339 e. The second-order valence-electron chi connectivity index (χ2n) is 31.0. The van der Waals surface area contributed by atoms with Gasteiger partial charge in [0.2, 0.25) is 11.8 Å². The summed E-state index contributed by atoms with van der Waals surface area (Å²) in [5, 5.41) is 114. The molecule has 135 heavy (non-hydrogen) atoms. The molecule has 0 heterocycles. The number of carboxylic acids is 2. The minimum absolute atomic E-state index is 0.00312. The Bertz CT molecular complexity index is 6210. The molecule has 41 heteroatoms. The molecule has 702 valence electrons. The number of ether oxygens (including phenoxy) is 4. The number of anilines is 6. The third kappa shape index (κ3) is 26.9. The fourth-order valence-electron chi connectivity index (χ4n) is 12.9. The maximum absolute atomic E-state index is 13.7. The van der Waals surface area contributed by atoms with Crippen LogP contribution in [0.2, 0.25) is 0 Å². The maximum Gasteiger partial charge on any atom is 0.339 e. The Morgan fingerprint density at radius 1 is 0.333 bits per heavy atom. The third-order valence-corrected chi connectivity index (χ3v) is 19.6. The molecule has 10 amide bonds. The number of aromatic carboxylic acids is 2. The Morgan fingerprint density at radius 2 is 0.607 bits per heavy atom. The molecule has 0 aliphatic rings. The third-order valence-electron chi connectivity index (χ3n) is 19.6. The molecule has 0 fully saturated rings. The first-order valence-corrected chi connectivity index (χ1v) is 41.0. The molecule has 0 spiro atoms. The van der Waals surface area contributed by atoms with Gasteiger partial charge in [0.05, 0.1) is 98.8 Å². The number of aliphatic hydroxyl groups is 2. The van der Waals surface area contributed by atoms with E-state index in [-0.39, 0.29) is 138 Å². The highest BCUT2D eigenvalue weighted by Crippen LogP contribution is 2.44. The number of rotatable bonds is 40.